The lowest BCUT2D eigenvalue weighted by Gasteiger charge is -2.13. The van der Waals surface area contributed by atoms with Gasteiger partial charge in [0.1, 0.15) is 0 Å². The van der Waals surface area contributed by atoms with Crippen molar-refractivity contribution in [1.29, 1.82) is 0 Å². The van der Waals surface area contributed by atoms with Crippen molar-refractivity contribution in [3.8, 4) is 0 Å². The van der Waals surface area contributed by atoms with E-state index in [0.717, 1.165) is 7.28 Å². The van der Waals surface area contributed by atoms with Gasteiger partial charge in [-0.25, -0.2) is 0 Å². The highest BCUT2D eigenvalue weighted by Gasteiger charge is 2.23. The van der Waals surface area contributed by atoms with Crippen LogP contribution in [0.3, 0.4) is 0 Å². The minimum atomic E-state index is 0.169. The third-order valence-electron chi connectivity index (χ3n) is 3.92. The average molecular weight is 234 g/mol. The van der Waals surface area contributed by atoms with Crippen LogP contribution in [0.1, 0.15) is 20.8 Å². The minimum absolute atomic E-state index is 0.169. The van der Waals surface area contributed by atoms with Gasteiger partial charge in [-0.05, 0) is 17.1 Å². The van der Waals surface area contributed by atoms with E-state index in [0.29, 0.717) is 5.92 Å². The largest absolute Gasteiger partial charge is 0.193 e. The Labute approximate surface area is 110 Å². The maximum Gasteiger partial charge on any atom is 0.193 e. The van der Waals surface area contributed by atoms with Gasteiger partial charge in [-0.2, -0.15) is 0 Å². The summed E-state index contributed by atoms with van der Waals surface area (Å²) in [6, 6.07) is 0. The number of fused-ring (bicyclic) bond motifs is 1. The first-order valence-electron chi connectivity index (χ1n) is 6.77. The van der Waals surface area contributed by atoms with Crippen molar-refractivity contribution in [3.05, 3.63) is 70.7 Å². The zero-order valence-electron chi connectivity index (χ0n) is 11.4. The fourth-order valence-electron chi connectivity index (χ4n) is 2.68. The Morgan fingerprint density at radius 3 is 2.33 bits per heavy atom. The maximum absolute atomic E-state index is 2.31. The predicted octanol–water partition coefficient (Wildman–Crippen LogP) is 3.86. The first-order valence-corrected chi connectivity index (χ1v) is 6.77. The molecule has 0 aromatic rings. The zero-order chi connectivity index (χ0) is 12.8. The van der Waals surface area contributed by atoms with Gasteiger partial charge in [-0.1, -0.05) is 80.3 Å². The van der Waals surface area contributed by atoms with E-state index < -0.39 is 0 Å². The molecule has 0 nitrogen and oxygen atoms in total. The molecule has 0 radical (unpaired) electrons. The van der Waals surface area contributed by atoms with Gasteiger partial charge in [0.2, 0.25) is 0 Å². The normalized spacial score (nSPS) is 27.8. The Hall–Kier alpha value is -1.50. The molecule has 1 aliphatic heterocycles. The van der Waals surface area contributed by atoms with Crippen molar-refractivity contribution in [2.75, 3.05) is 0 Å². The highest BCUT2D eigenvalue weighted by Crippen LogP contribution is 2.36. The molecule has 0 fully saturated rings. The van der Waals surface area contributed by atoms with Crippen LogP contribution in [0, 0.1) is 11.3 Å². The molecule has 3 rings (SSSR count). The summed E-state index contributed by atoms with van der Waals surface area (Å²) in [5.41, 5.74) is 5.94. The molecule has 0 N–H and O–H groups in total. The third-order valence-corrected chi connectivity index (χ3v) is 3.92. The quantitative estimate of drug-likeness (QED) is 0.558. The van der Waals surface area contributed by atoms with Crippen LogP contribution in [0.4, 0.5) is 0 Å². The zero-order valence-corrected chi connectivity index (χ0v) is 11.4. The molecule has 0 aromatic carbocycles. The molecular formula is C17H19B. The van der Waals surface area contributed by atoms with Gasteiger partial charge in [0.05, 0.1) is 0 Å². The summed E-state index contributed by atoms with van der Waals surface area (Å²) in [6.45, 7) is 6.74. The van der Waals surface area contributed by atoms with Crippen molar-refractivity contribution in [2.24, 2.45) is 11.3 Å². The summed E-state index contributed by atoms with van der Waals surface area (Å²) >= 11 is 0. The van der Waals surface area contributed by atoms with Crippen LogP contribution in [0.2, 0.25) is 0 Å². The van der Waals surface area contributed by atoms with Crippen LogP contribution in [0.15, 0.2) is 70.7 Å². The molecule has 1 heteroatoms. The smallest absolute Gasteiger partial charge is 0.0784 e. The summed E-state index contributed by atoms with van der Waals surface area (Å²) in [4.78, 5) is 0. The molecular weight excluding hydrogens is 215 g/mol. The van der Waals surface area contributed by atoms with E-state index in [4.69, 9.17) is 0 Å². The molecule has 1 atom stereocenters. The molecule has 0 bridgehead atoms. The lowest BCUT2D eigenvalue weighted by Crippen LogP contribution is -2.01. The van der Waals surface area contributed by atoms with Gasteiger partial charge in [-0.3, -0.25) is 0 Å². The fourth-order valence-corrected chi connectivity index (χ4v) is 2.68. The Kier molecular flexibility index (Phi) is 2.58. The van der Waals surface area contributed by atoms with Crippen molar-refractivity contribution in [3.63, 3.8) is 0 Å². The first kappa shape index (κ1) is 11.6. The minimum Gasteiger partial charge on any atom is -0.0784 e. The fraction of sp³-hybridized carbons (Fsp3) is 0.294. The Balaban J connectivity index is 2.04. The third kappa shape index (κ3) is 1.99. The van der Waals surface area contributed by atoms with Crippen LogP contribution in [-0.4, -0.2) is 7.28 Å². The molecule has 0 saturated carbocycles. The maximum atomic E-state index is 2.31. The molecule has 0 spiro atoms. The highest BCUT2D eigenvalue weighted by atomic mass is 14.2. The number of allylic oxidation sites excluding steroid dienone is 12. The van der Waals surface area contributed by atoms with E-state index in [-0.39, 0.29) is 5.41 Å². The van der Waals surface area contributed by atoms with Crippen molar-refractivity contribution in [2.45, 2.75) is 20.8 Å². The number of hydrogen-bond acceptors (Lipinski definition) is 0. The molecule has 18 heavy (non-hydrogen) atoms. The van der Waals surface area contributed by atoms with Crippen molar-refractivity contribution < 1.29 is 0 Å². The molecule has 3 aliphatic rings. The molecule has 90 valence electrons. The van der Waals surface area contributed by atoms with Crippen molar-refractivity contribution in [1.82, 2.24) is 0 Å². The Bertz CT molecular complexity index is 562. The van der Waals surface area contributed by atoms with Gasteiger partial charge in [0.25, 0.3) is 0 Å². The molecule has 0 aromatic heterocycles. The molecule has 0 amide bonds. The lowest BCUT2D eigenvalue weighted by atomic mass is 9.65. The SMILES string of the molecule is C[C@H]1C=CC2=C(C=C1)C1=C(B2)C=CC(C)(C)C=C1. The number of rotatable bonds is 0. The van der Waals surface area contributed by atoms with E-state index in [1.165, 1.54) is 22.1 Å². The van der Waals surface area contributed by atoms with Crippen LogP contribution in [-0.2, 0) is 0 Å². The lowest BCUT2D eigenvalue weighted by molar-refractivity contribution is 0.627. The monoisotopic (exact) mass is 234 g/mol. The molecule has 2 aliphatic carbocycles. The molecule has 1 heterocycles. The van der Waals surface area contributed by atoms with Crippen LogP contribution in [0.25, 0.3) is 0 Å². The summed E-state index contributed by atoms with van der Waals surface area (Å²) in [7, 11) is 1.08. The standard InChI is InChI=1S/C17H19B/c1-12-4-6-13-14-8-10-17(2,3)11-9-16(14)18-15(13)7-5-12/h4-12,18H,1-3H3/t12-/m1/s1. The summed E-state index contributed by atoms with van der Waals surface area (Å²) in [6.07, 6.45) is 18.5. The van der Waals surface area contributed by atoms with Gasteiger partial charge in [0, 0.05) is 5.41 Å². The van der Waals surface area contributed by atoms with Crippen LogP contribution >= 0.6 is 0 Å². The molecule has 0 saturated heterocycles. The predicted molar refractivity (Wildman–Crippen MR) is 80.7 cm³/mol. The second kappa shape index (κ2) is 4.01. The Morgan fingerprint density at radius 1 is 0.889 bits per heavy atom. The van der Waals surface area contributed by atoms with Crippen molar-refractivity contribution >= 4 is 7.28 Å². The van der Waals surface area contributed by atoms with Crippen LogP contribution < -0.4 is 0 Å². The van der Waals surface area contributed by atoms with E-state index in [1.54, 1.807) is 0 Å². The summed E-state index contributed by atoms with van der Waals surface area (Å²) in [5, 5.41) is 0. The first-order chi connectivity index (χ1) is 8.55. The summed E-state index contributed by atoms with van der Waals surface area (Å²) < 4.78 is 0. The van der Waals surface area contributed by atoms with Gasteiger partial charge >= 0.3 is 0 Å². The topological polar surface area (TPSA) is 0 Å². The molecule has 0 unspecified atom stereocenters. The van der Waals surface area contributed by atoms with Gasteiger partial charge in [0.15, 0.2) is 7.28 Å². The van der Waals surface area contributed by atoms with E-state index in [9.17, 15) is 0 Å². The highest BCUT2D eigenvalue weighted by molar-refractivity contribution is 6.58. The number of hydrogen-bond donors (Lipinski definition) is 0. The second-order valence-electron chi connectivity index (χ2n) is 6.12. The average Bonchev–Trinajstić information content (AvgIpc) is 2.45. The van der Waals surface area contributed by atoms with Crippen LogP contribution in [0.5, 0.6) is 0 Å². The van der Waals surface area contributed by atoms with Gasteiger partial charge < -0.3 is 0 Å². The van der Waals surface area contributed by atoms with E-state index in [2.05, 4.69) is 69.4 Å². The van der Waals surface area contributed by atoms with E-state index >= 15 is 0 Å². The van der Waals surface area contributed by atoms with E-state index in [1.807, 2.05) is 0 Å². The second-order valence-corrected chi connectivity index (χ2v) is 6.12. The van der Waals surface area contributed by atoms with Gasteiger partial charge in [-0.15, -0.1) is 0 Å². The Morgan fingerprint density at radius 2 is 1.50 bits per heavy atom. The summed E-state index contributed by atoms with van der Waals surface area (Å²) in [5.74, 6) is 0.543.